The van der Waals surface area contributed by atoms with Crippen LogP contribution in [0.2, 0.25) is 0 Å². The van der Waals surface area contributed by atoms with Crippen molar-refractivity contribution < 1.29 is 66.6 Å². The molecular formula is C26H20BrCo2NO7+6. The van der Waals surface area contributed by atoms with Gasteiger partial charge in [0.15, 0.2) is 5.60 Å². The Morgan fingerprint density at radius 1 is 0.703 bits per heavy atom. The molecule has 1 saturated heterocycles. The molecule has 1 aliphatic heterocycles. The van der Waals surface area contributed by atoms with Gasteiger partial charge in [0.1, 0.15) is 0 Å². The first-order valence-corrected chi connectivity index (χ1v) is 9.96. The second-order valence-electron chi connectivity index (χ2n) is 5.87. The molecule has 2 aromatic carbocycles. The van der Waals surface area contributed by atoms with E-state index in [-0.39, 0.29) is 33.6 Å². The maximum absolute atomic E-state index is 11.3. The molecule has 190 valence electrons. The number of likely N-dealkylation sites (tertiary alicyclic amines) is 1. The number of rotatable bonds is 3. The predicted molar refractivity (Wildman–Crippen MR) is 121 cm³/mol. The number of aliphatic hydroxyl groups is 1. The van der Waals surface area contributed by atoms with E-state index in [2.05, 4.69) is 72.6 Å². The monoisotopic (exact) mass is 655 g/mol. The first-order chi connectivity index (χ1) is 17.2. The Bertz CT molecular complexity index is 926. The summed E-state index contributed by atoms with van der Waals surface area (Å²) in [6, 6.07) is 17.4. The van der Waals surface area contributed by atoms with Gasteiger partial charge < -0.3 is 5.11 Å². The van der Waals surface area contributed by atoms with Gasteiger partial charge in [-0.15, -0.1) is 0 Å². The maximum atomic E-state index is 11.3. The van der Waals surface area contributed by atoms with Crippen molar-refractivity contribution in [3.8, 4) is 11.8 Å². The number of hydrogen-bond acceptors (Lipinski definition) is 2. The van der Waals surface area contributed by atoms with Gasteiger partial charge in [0.05, 0.1) is 6.54 Å². The zero-order valence-electron chi connectivity index (χ0n) is 19.1. The number of benzene rings is 2. The van der Waals surface area contributed by atoms with E-state index in [9.17, 15) is 5.11 Å². The van der Waals surface area contributed by atoms with E-state index in [1.165, 1.54) is 12.8 Å². The molecular weight excluding hydrogens is 636 g/mol. The van der Waals surface area contributed by atoms with E-state index in [4.69, 9.17) is 27.9 Å². The first-order valence-electron chi connectivity index (χ1n) is 9.17. The Morgan fingerprint density at radius 2 is 1.08 bits per heavy atom. The van der Waals surface area contributed by atoms with Gasteiger partial charge >= 0.3 is 101 Å². The average molecular weight is 656 g/mol. The molecule has 3 rings (SSSR count). The minimum atomic E-state index is -1.28. The van der Waals surface area contributed by atoms with Gasteiger partial charge in [-0.1, -0.05) is 70.2 Å². The van der Waals surface area contributed by atoms with Gasteiger partial charge in [-0.3, -0.25) is 4.90 Å². The summed E-state index contributed by atoms with van der Waals surface area (Å²) in [5.41, 5.74) is 0.318. The van der Waals surface area contributed by atoms with Crippen LogP contribution in [0.4, 0.5) is 0 Å². The first kappa shape index (κ1) is 48.0. The summed E-state index contributed by atoms with van der Waals surface area (Å²) >= 11 is 3.44. The zero-order chi connectivity index (χ0) is 28.1. The molecule has 2 aromatic rings. The van der Waals surface area contributed by atoms with E-state index in [1.807, 2.05) is 54.6 Å². The fraction of sp³-hybridized carbons (Fsp3) is 0.231. The molecule has 8 nitrogen and oxygen atoms in total. The van der Waals surface area contributed by atoms with E-state index < -0.39 is 5.60 Å². The summed E-state index contributed by atoms with van der Waals surface area (Å²) < 4.78 is 46.0. The van der Waals surface area contributed by atoms with Crippen LogP contribution in [-0.4, -0.2) is 29.6 Å². The Balaban J connectivity index is -0.000000152. The number of hydrogen-bond donors (Lipinski definition) is 1. The van der Waals surface area contributed by atoms with Crippen molar-refractivity contribution in [2.45, 2.75) is 18.4 Å². The van der Waals surface area contributed by atoms with Crippen LogP contribution >= 0.6 is 15.9 Å². The van der Waals surface area contributed by atoms with Crippen LogP contribution in [0.1, 0.15) is 24.0 Å². The molecule has 0 aliphatic carbocycles. The van der Waals surface area contributed by atoms with Crippen molar-refractivity contribution in [2.75, 3.05) is 19.6 Å². The minimum Gasteiger partial charge on any atom is 3.00 e. The van der Waals surface area contributed by atoms with Crippen LogP contribution in [0.5, 0.6) is 0 Å². The van der Waals surface area contributed by atoms with Gasteiger partial charge in [0.2, 0.25) is 0 Å². The van der Waals surface area contributed by atoms with Crippen molar-refractivity contribution in [3.05, 3.63) is 110 Å². The van der Waals surface area contributed by atoms with Crippen molar-refractivity contribution >= 4 is 15.9 Å². The molecule has 11 heteroatoms. The third kappa shape index (κ3) is 19.6. The van der Waals surface area contributed by atoms with Crippen molar-refractivity contribution in [1.82, 2.24) is 4.90 Å². The molecule has 1 unspecified atom stereocenters. The second kappa shape index (κ2) is 36.0. The van der Waals surface area contributed by atoms with Crippen LogP contribution in [0.3, 0.4) is 0 Å². The summed E-state index contributed by atoms with van der Waals surface area (Å²) in [4.78, 5) is 2.33. The van der Waals surface area contributed by atoms with Gasteiger partial charge in [0.25, 0.3) is 0 Å². The van der Waals surface area contributed by atoms with Crippen molar-refractivity contribution in [3.63, 3.8) is 0 Å². The van der Waals surface area contributed by atoms with Crippen LogP contribution in [0.25, 0.3) is 0 Å². The van der Waals surface area contributed by atoms with Crippen molar-refractivity contribution in [2.24, 2.45) is 0 Å². The van der Waals surface area contributed by atoms with Gasteiger partial charge in [-0.25, -0.2) is 0 Å². The third-order valence-electron chi connectivity index (χ3n) is 4.22. The van der Waals surface area contributed by atoms with E-state index in [1.54, 1.807) is 0 Å². The van der Waals surface area contributed by atoms with Gasteiger partial charge in [-0.05, 0) is 38.1 Å². The van der Waals surface area contributed by atoms with E-state index in [0.29, 0.717) is 6.54 Å². The van der Waals surface area contributed by atoms with Crippen LogP contribution in [0.15, 0.2) is 59.1 Å². The van der Waals surface area contributed by atoms with Crippen LogP contribution < -0.4 is 0 Å². The summed E-state index contributed by atoms with van der Waals surface area (Å²) in [7, 11) is 0. The molecule has 37 heavy (non-hydrogen) atoms. The standard InChI is InChI=1S/C20H20BrNO.6CO.2Co/c21-19-11-9-18(10-12-19)20(23,17-7-2-1-3-8-17)13-6-16-22-14-4-5-15-22;6*1-2;;/h1-3,7-12,23H,4-5,14-16H2;;;;;;;;/q;;;;;;;2*+3. The molecule has 0 amide bonds. The quantitative estimate of drug-likeness (QED) is 0.307. The minimum absolute atomic E-state index is 0. The molecule has 1 atom stereocenters. The largest absolute Gasteiger partial charge is 3.00 e. The summed E-state index contributed by atoms with van der Waals surface area (Å²) in [6.45, 7) is 29.9. The fourth-order valence-corrected chi connectivity index (χ4v) is 3.17. The van der Waals surface area contributed by atoms with Crippen molar-refractivity contribution in [1.29, 1.82) is 0 Å². The molecule has 0 spiro atoms. The molecule has 0 bridgehead atoms. The maximum Gasteiger partial charge on any atom is 3.00 e. The SMILES string of the molecule is OC(C#CCN1CCCC1)(c1ccccc1)c1ccc(Br)cc1.[C-]#[O+].[C-]#[O+].[C-]#[O+].[C-]#[O+].[C-]#[O+].[C-]#[O+].[Co+3].[Co+3]. The predicted octanol–water partition coefficient (Wildman–Crippen LogP) is 3.55. The third-order valence-corrected chi connectivity index (χ3v) is 4.75. The van der Waals surface area contributed by atoms with Crippen LogP contribution in [0, 0.1) is 51.7 Å². The summed E-state index contributed by atoms with van der Waals surface area (Å²) in [5, 5.41) is 11.3. The molecule has 1 heterocycles. The fourth-order valence-electron chi connectivity index (χ4n) is 2.90. The Hall–Kier alpha value is -2.15. The number of halogens is 1. The zero-order valence-corrected chi connectivity index (χ0v) is 22.8. The smallest absolute Gasteiger partial charge is 3.00 e. The second-order valence-corrected chi connectivity index (χ2v) is 6.78. The molecule has 0 aromatic heterocycles. The molecule has 1 aliphatic rings. The van der Waals surface area contributed by atoms with Gasteiger partial charge in [0, 0.05) is 15.6 Å². The van der Waals surface area contributed by atoms with Gasteiger partial charge in [-0.2, -0.15) is 0 Å². The Morgan fingerprint density at radius 3 is 1.49 bits per heavy atom. The molecule has 1 fully saturated rings. The molecule has 0 saturated carbocycles. The normalized spacial score (nSPS) is 11.1. The Kier molecular flexibility index (Phi) is 46.7. The topological polar surface area (TPSA) is 143 Å². The molecule has 1 N–H and O–H groups in total. The van der Waals surface area contributed by atoms with E-state index in [0.717, 1.165) is 28.7 Å². The molecule has 0 radical (unpaired) electrons. The Labute approximate surface area is 246 Å². The van der Waals surface area contributed by atoms with Crippen LogP contribution in [-0.2, 0) is 67.1 Å². The number of nitrogens with zero attached hydrogens (tertiary/aromatic N) is 1. The summed E-state index contributed by atoms with van der Waals surface area (Å²) in [6.07, 6.45) is 2.49. The van der Waals surface area contributed by atoms with E-state index >= 15 is 0 Å². The summed E-state index contributed by atoms with van der Waals surface area (Å²) in [5.74, 6) is 6.32. The average Bonchev–Trinajstić information content (AvgIpc) is 3.50.